The van der Waals surface area contributed by atoms with Crippen LogP contribution in [0.1, 0.15) is 5.56 Å². The fraction of sp³-hybridized carbons (Fsp3) is 0.385. The van der Waals surface area contributed by atoms with Crippen molar-refractivity contribution in [2.45, 2.75) is 15.4 Å². The summed E-state index contributed by atoms with van der Waals surface area (Å²) in [5, 5.41) is 13.6. The Labute approximate surface area is 134 Å². The largest absolute Gasteiger partial charge is 0.464 e. The van der Waals surface area contributed by atoms with Gasteiger partial charge in [-0.05, 0) is 17.7 Å². The van der Waals surface area contributed by atoms with Gasteiger partial charge in [0.2, 0.25) is 3.79 Å². The zero-order valence-electron chi connectivity index (χ0n) is 10.6. The SMILES string of the molecule is OC(CF)(c1ccc2ccoc2c1)C(NCF)C(Cl)(Cl)Cl. The minimum absolute atomic E-state index is 0.115. The van der Waals surface area contributed by atoms with E-state index in [2.05, 4.69) is 5.32 Å². The summed E-state index contributed by atoms with van der Waals surface area (Å²) in [6.45, 7) is -2.37. The van der Waals surface area contributed by atoms with Gasteiger partial charge in [0, 0.05) is 5.39 Å². The summed E-state index contributed by atoms with van der Waals surface area (Å²) in [5.41, 5.74) is -1.68. The van der Waals surface area contributed by atoms with E-state index in [1.807, 2.05) is 0 Å². The molecule has 0 spiro atoms. The molecule has 2 unspecified atom stereocenters. The Balaban J connectivity index is 2.51. The Kier molecular flexibility index (Phi) is 5.00. The lowest BCUT2D eigenvalue weighted by molar-refractivity contribution is -0.0268. The maximum atomic E-state index is 13.5. The topological polar surface area (TPSA) is 45.4 Å². The Morgan fingerprint density at radius 1 is 1.24 bits per heavy atom. The van der Waals surface area contributed by atoms with Gasteiger partial charge in [-0.15, -0.1) is 0 Å². The highest BCUT2D eigenvalue weighted by Gasteiger charge is 2.49. The van der Waals surface area contributed by atoms with E-state index in [-0.39, 0.29) is 5.56 Å². The van der Waals surface area contributed by atoms with Gasteiger partial charge >= 0.3 is 0 Å². The fourth-order valence-corrected chi connectivity index (χ4v) is 2.95. The van der Waals surface area contributed by atoms with Crippen molar-refractivity contribution in [2.75, 3.05) is 13.5 Å². The summed E-state index contributed by atoms with van der Waals surface area (Å²) in [6.07, 6.45) is 1.45. The number of aliphatic hydroxyl groups is 1. The molecule has 0 saturated heterocycles. The Morgan fingerprint density at radius 3 is 2.52 bits per heavy atom. The van der Waals surface area contributed by atoms with Gasteiger partial charge in [-0.3, -0.25) is 5.32 Å². The third-order valence-corrected chi connectivity index (χ3v) is 3.90. The lowest BCUT2D eigenvalue weighted by atomic mass is 9.87. The standard InChI is InChI=1S/C13H12Cl3F2NO2/c14-13(15,16)11(19-7-18)12(20,6-17)9-2-1-8-3-4-21-10(8)5-9/h1-5,11,19-20H,6-7H2. The molecule has 0 aliphatic heterocycles. The molecule has 2 rings (SSSR count). The normalized spacial score (nSPS) is 16.9. The number of halogens is 5. The molecule has 3 nitrogen and oxygen atoms in total. The quantitative estimate of drug-likeness (QED) is 0.630. The molecule has 0 radical (unpaired) electrons. The molecule has 2 atom stereocenters. The van der Waals surface area contributed by atoms with Crippen molar-refractivity contribution in [1.29, 1.82) is 0 Å². The summed E-state index contributed by atoms with van der Waals surface area (Å²) in [7, 11) is 0. The number of hydrogen-bond donors (Lipinski definition) is 2. The molecular formula is C13H12Cl3F2NO2. The Morgan fingerprint density at radius 2 is 1.95 bits per heavy atom. The lowest BCUT2D eigenvalue weighted by Gasteiger charge is -2.38. The molecular weight excluding hydrogens is 347 g/mol. The van der Waals surface area contributed by atoms with Gasteiger partial charge in [-0.25, -0.2) is 8.78 Å². The second-order valence-electron chi connectivity index (χ2n) is 4.54. The molecule has 21 heavy (non-hydrogen) atoms. The summed E-state index contributed by atoms with van der Waals surface area (Å²) >= 11 is 17.2. The predicted octanol–water partition coefficient (Wildman–Crippen LogP) is 3.85. The molecule has 2 aromatic rings. The van der Waals surface area contributed by atoms with Crippen molar-refractivity contribution in [3.63, 3.8) is 0 Å². The number of alkyl halides is 5. The van der Waals surface area contributed by atoms with Crippen LogP contribution in [0, 0.1) is 0 Å². The fourth-order valence-electron chi connectivity index (χ4n) is 2.18. The van der Waals surface area contributed by atoms with E-state index < -0.39 is 28.9 Å². The monoisotopic (exact) mass is 357 g/mol. The molecule has 1 aromatic carbocycles. The second kappa shape index (κ2) is 6.26. The van der Waals surface area contributed by atoms with Crippen molar-refractivity contribution < 1.29 is 18.3 Å². The van der Waals surface area contributed by atoms with Gasteiger partial charge < -0.3 is 9.52 Å². The van der Waals surface area contributed by atoms with E-state index in [9.17, 15) is 13.9 Å². The van der Waals surface area contributed by atoms with Crippen LogP contribution in [-0.2, 0) is 5.60 Å². The average Bonchev–Trinajstić information content (AvgIpc) is 2.90. The van der Waals surface area contributed by atoms with Crippen molar-refractivity contribution >= 4 is 45.8 Å². The van der Waals surface area contributed by atoms with Crippen LogP contribution in [0.3, 0.4) is 0 Å². The minimum Gasteiger partial charge on any atom is -0.464 e. The van der Waals surface area contributed by atoms with E-state index in [4.69, 9.17) is 39.2 Å². The second-order valence-corrected chi connectivity index (χ2v) is 6.91. The zero-order chi connectivity index (χ0) is 15.7. The number of rotatable bonds is 5. The van der Waals surface area contributed by atoms with E-state index >= 15 is 0 Å². The first kappa shape index (κ1) is 16.8. The summed E-state index contributed by atoms with van der Waals surface area (Å²) in [4.78, 5) is 0. The molecule has 0 fully saturated rings. The highest BCUT2D eigenvalue weighted by atomic mass is 35.6. The molecule has 1 heterocycles. The predicted molar refractivity (Wildman–Crippen MR) is 79.3 cm³/mol. The van der Waals surface area contributed by atoms with Gasteiger partial charge in [0.1, 0.15) is 24.7 Å². The van der Waals surface area contributed by atoms with Crippen molar-refractivity contribution in [2.24, 2.45) is 0 Å². The molecule has 0 aliphatic carbocycles. The maximum Gasteiger partial charge on any atom is 0.208 e. The van der Waals surface area contributed by atoms with Crippen molar-refractivity contribution in [3.8, 4) is 0 Å². The third-order valence-electron chi connectivity index (χ3n) is 3.25. The average molecular weight is 359 g/mol. The lowest BCUT2D eigenvalue weighted by Crippen LogP contribution is -2.56. The van der Waals surface area contributed by atoms with Crippen LogP contribution >= 0.6 is 34.8 Å². The van der Waals surface area contributed by atoms with Crippen LogP contribution < -0.4 is 5.32 Å². The smallest absolute Gasteiger partial charge is 0.208 e. The molecule has 2 N–H and O–H groups in total. The van der Waals surface area contributed by atoms with Gasteiger partial charge in [0.15, 0.2) is 0 Å². The van der Waals surface area contributed by atoms with Gasteiger partial charge in [0.25, 0.3) is 0 Å². The first-order valence-corrected chi connectivity index (χ1v) is 7.08. The van der Waals surface area contributed by atoms with Gasteiger partial charge in [-0.1, -0.05) is 46.9 Å². The van der Waals surface area contributed by atoms with E-state index in [0.717, 1.165) is 5.39 Å². The van der Waals surface area contributed by atoms with E-state index in [1.165, 1.54) is 18.4 Å². The minimum atomic E-state index is -2.22. The summed E-state index contributed by atoms with van der Waals surface area (Å²) in [6, 6.07) is 4.75. The van der Waals surface area contributed by atoms with Crippen molar-refractivity contribution in [3.05, 3.63) is 36.1 Å². The van der Waals surface area contributed by atoms with Crippen molar-refractivity contribution in [1.82, 2.24) is 5.32 Å². The molecule has 0 aliphatic rings. The molecule has 116 valence electrons. The molecule has 0 amide bonds. The van der Waals surface area contributed by atoms with Crippen LogP contribution in [-0.4, -0.2) is 28.4 Å². The first-order valence-electron chi connectivity index (χ1n) is 5.95. The molecule has 0 bridgehead atoms. The number of benzene rings is 1. The number of nitrogens with one attached hydrogen (secondary N) is 1. The zero-order valence-corrected chi connectivity index (χ0v) is 12.9. The number of hydrogen-bond acceptors (Lipinski definition) is 3. The number of fused-ring (bicyclic) bond motifs is 1. The third kappa shape index (κ3) is 3.27. The van der Waals surface area contributed by atoms with Gasteiger partial charge in [0.05, 0.1) is 12.3 Å². The maximum absolute atomic E-state index is 13.5. The molecule has 8 heteroatoms. The highest BCUT2D eigenvalue weighted by molar-refractivity contribution is 6.68. The Bertz CT molecular complexity index is 617. The van der Waals surface area contributed by atoms with Crippen LogP contribution in [0.5, 0.6) is 0 Å². The molecule has 1 aromatic heterocycles. The summed E-state index contributed by atoms with van der Waals surface area (Å²) < 4.78 is 29.2. The van der Waals surface area contributed by atoms with Crippen LogP contribution in [0.15, 0.2) is 34.9 Å². The van der Waals surface area contributed by atoms with E-state index in [1.54, 1.807) is 12.1 Å². The van der Waals surface area contributed by atoms with Crippen LogP contribution in [0.4, 0.5) is 8.78 Å². The first-order chi connectivity index (χ1) is 9.82. The van der Waals surface area contributed by atoms with Gasteiger partial charge in [-0.2, -0.15) is 0 Å². The number of furan rings is 1. The molecule has 0 saturated carbocycles. The highest BCUT2D eigenvalue weighted by Crippen LogP contribution is 2.41. The van der Waals surface area contributed by atoms with Crippen LogP contribution in [0.2, 0.25) is 0 Å². The van der Waals surface area contributed by atoms with Crippen LogP contribution in [0.25, 0.3) is 11.0 Å². The summed E-state index contributed by atoms with van der Waals surface area (Å²) in [5.74, 6) is 0. The Hall–Kier alpha value is -0.590. The van der Waals surface area contributed by atoms with E-state index in [0.29, 0.717) is 5.58 Å².